The lowest BCUT2D eigenvalue weighted by Crippen LogP contribution is -2.29. The number of sulfone groups is 1. The molecule has 4 N–H and O–H groups in total. The van der Waals surface area contributed by atoms with Crippen molar-refractivity contribution < 1.29 is 22.3 Å². The highest BCUT2D eigenvalue weighted by Crippen LogP contribution is 2.35. The van der Waals surface area contributed by atoms with E-state index in [2.05, 4.69) is 9.98 Å². The van der Waals surface area contributed by atoms with Crippen LogP contribution in [0.1, 0.15) is 19.4 Å². The molecule has 0 aliphatic carbocycles. The van der Waals surface area contributed by atoms with Gasteiger partial charge in [-0.1, -0.05) is 0 Å². The van der Waals surface area contributed by atoms with E-state index in [1.807, 2.05) is 0 Å². The zero-order valence-corrected chi connectivity index (χ0v) is 19.1. The second-order valence-electron chi connectivity index (χ2n) is 6.98. The number of benzene rings is 2. The Bertz CT molecular complexity index is 1140. The highest BCUT2D eigenvalue weighted by Gasteiger charge is 2.30. The summed E-state index contributed by atoms with van der Waals surface area (Å²) in [5.41, 5.74) is 12.2. The Morgan fingerprint density at radius 2 is 1.71 bits per heavy atom. The molecule has 1 amide bonds. The summed E-state index contributed by atoms with van der Waals surface area (Å²) in [6.45, 7) is 3.08. The minimum Gasteiger partial charge on any atom is -0.497 e. The highest BCUT2D eigenvalue weighted by molar-refractivity contribution is 8.01. The van der Waals surface area contributed by atoms with E-state index in [1.54, 1.807) is 24.3 Å². The molecule has 2 aromatic rings. The fourth-order valence-corrected chi connectivity index (χ4v) is 3.93. The number of ether oxygens (including phenoxy) is 1. The number of nitrogens with two attached hydrogens (primary N) is 2. The number of hydrogen-bond acceptors (Lipinski definition) is 5. The Kier molecular flexibility index (Phi) is 7.45. The third-order valence-electron chi connectivity index (χ3n) is 4.05. The molecule has 2 aromatic carbocycles. The number of methoxy groups -OCH3 is 1. The van der Waals surface area contributed by atoms with Crippen LogP contribution in [0.3, 0.4) is 0 Å². The van der Waals surface area contributed by atoms with Gasteiger partial charge in [-0.2, -0.15) is 9.98 Å². The van der Waals surface area contributed by atoms with Gasteiger partial charge in [0.25, 0.3) is 5.91 Å². The molecule has 0 saturated heterocycles. The molecule has 0 heterocycles. The summed E-state index contributed by atoms with van der Waals surface area (Å²) in [7, 11) is -2.01. The zero-order valence-electron chi connectivity index (χ0n) is 17.4. The van der Waals surface area contributed by atoms with Crippen LogP contribution in [0.4, 0.5) is 4.39 Å². The van der Waals surface area contributed by atoms with E-state index in [4.69, 9.17) is 16.2 Å². The molecule has 0 radical (unpaired) electrons. The van der Waals surface area contributed by atoms with Gasteiger partial charge in [0.1, 0.15) is 17.4 Å². The molecule has 0 atom stereocenters. The molecule has 0 spiro atoms. The number of amidine groups is 1. The molecule has 0 aromatic heterocycles. The van der Waals surface area contributed by atoms with Crippen LogP contribution in [0.5, 0.6) is 5.75 Å². The summed E-state index contributed by atoms with van der Waals surface area (Å²) >= 11 is 0.886. The normalized spacial score (nSPS) is 13.2. The second kappa shape index (κ2) is 9.48. The minimum atomic E-state index is -3.54. The van der Waals surface area contributed by atoms with Crippen LogP contribution in [0.2, 0.25) is 0 Å². The molecule has 0 bridgehead atoms. The largest absolute Gasteiger partial charge is 0.497 e. The first-order chi connectivity index (χ1) is 14.3. The Balaban J connectivity index is 2.19. The van der Waals surface area contributed by atoms with Crippen molar-refractivity contribution in [3.05, 3.63) is 53.8 Å². The third kappa shape index (κ3) is 6.53. The van der Waals surface area contributed by atoms with Gasteiger partial charge in [0.05, 0.1) is 16.8 Å². The smallest absolute Gasteiger partial charge is 0.264 e. The minimum absolute atomic E-state index is 0.0598. The van der Waals surface area contributed by atoms with Crippen LogP contribution in [-0.2, 0) is 14.6 Å². The molecule has 31 heavy (non-hydrogen) atoms. The molecule has 0 aliphatic rings. The fourth-order valence-electron chi connectivity index (χ4n) is 2.33. The van der Waals surface area contributed by atoms with Crippen LogP contribution < -0.4 is 16.2 Å². The predicted molar refractivity (Wildman–Crippen MR) is 120 cm³/mol. The fraction of sp³-hybridized carbons (Fsp3) is 0.250. The first-order valence-electron chi connectivity index (χ1n) is 8.89. The molecule has 0 aliphatic heterocycles. The van der Waals surface area contributed by atoms with E-state index in [9.17, 15) is 17.6 Å². The Hall–Kier alpha value is -2.92. The molecule has 0 fully saturated rings. The van der Waals surface area contributed by atoms with E-state index in [0.29, 0.717) is 11.3 Å². The van der Waals surface area contributed by atoms with E-state index in [1.165, 1.54) is 33.1 Å². The lowest BCUT2D eigenvalue weighted by Gasteiger charge is -2.20. The van der Waals surface area contributed by atoms with Crippen molar-refractivity contribution in [1.29, 1.82) is 0 Å². The van der Waals surface area contributed by atoms with E-state index >= 15 is 0 Å². The first-order valence-corrected chi connectivity index (χ1v) is 11.6. The van der Waals surface area contributed by atoms with Gasteiger partial charge in [0.2, 0.25) is 5.96 Å². The number of carbonyl (C=O) groups is 1. The van der Waals surface area contributed by atoms with Crippen LogP contribution >= 0.6 is 11.8 Å². The maximum absolute atomic E-state index is 14.3. The van der Waals surface area contributed by atoms with Gasteiger partial charge >= 0.3 is 0 Å². The summed E-state index contributed by atoms with van der Waals surface area (Å²) in [5.74, 6) is -1.06. The van der Waals surface area contributed by atoms with Crippen LogP contribution in [0, 0.1) is 5.82 Å². The number of thioether (sulfide) groups is 1. The van der Waals surface area contributed by atoms with Crippen LogP contribution in [0.15, 0.2) is 62.2 Å². The van der Waals surface area contributed by atoms with Crippen molar-refractivity contribution in [2.45, 2.75) is 28.4 Å². The van der Waals surface area contributed by atoms with Gasteiger partial charge < -0.3 is 16.2 Å². The SMILES string of the molecule is COc1ccc(C(N)=NC(N)=NC(=O)C(C)(C)Sc2ccc(S(C)(=O)=O)cc2F)cc1. The van der Waals surface area contributed by atoms with Crippen molar-refractivity contribution in [1.82, 2.24) is 0 Å². The molecule has 2 rings (SSSR count). The van der Waals surface area contributed by atoms with Gasteiger partial charge in [0, 0.05) is 16.7 Å². The molecule has 0 unspecified atom stereocenters. The lowest BCUT2D eigenvalue weighted by molar-refractivity contribution is -0.119. The molecular weight excluding hydrogens is 443 g/mol. The number of amides is 1. The predicted octanol–water partition coefficient (Wildman–Crippen LogP) is 2.36. The number of rotatable bonds is 6. The molecular formula is C20H23FN4O4S2. The Morgan fingerprint density at radius 1 is 1.10 bits per heavy atom. The van der Waals surface area contributed by atoms with E-state index in [0.717, 1.165) is 24.1 Å². The average molecular weight is 467 g/mol. The first kappa shape index (κ1) is 24.4. The van der Waals surface area contributed by atoms with Crippen molar-refractivity contribution in [3.63, 3.8) is 0 Å². The van der Waals surface area contributed by atoms with Crippen LogP contribution in [0.25, 0.3) is 0 Å². The maximum Gasteiger partial charge on any atom is 0.264 e. The van der Waals surface area contributed by atoms with Crippen LogP contribution in [-0.4, -0.2) is 44.2 Å². The number of halogens is 1. The zero-order chi connectivity index (χ0) is 23.4. The number of aliphatic imine (C=N–C) groups is 2. The van der Waals surface area contributed by atoms with Crippen molar-refractivity contribution in [2.24, 2.45) is 21.5 Å². The Morgan fingerprint density at radius 3 is 2.23 bits per heavy atom. The van der Waals surface area contributed by atoms with Gasteiger partial charge in [-0.3, -0.25) is 4.79 Å². The summed E-state index contributed by atoms with van der Waals surface area (Å²) in [5, 5.41) is 0. The lowest BCUT2D eigenvalue weighted by atomic mass is 10.2. The number of carbonyl (C=O) groups excluding carboxylic acids is 1. The van der Waals surface area contributed by atoms with Crippen molar-refractivity contribution >= 4 is 39.3 Å². The monoisotopic (exact) mass is 466 g/mol. The maximum atomic E-state index is 14.3. The Labute approximate surface area is 184 Å². The number of hydrogen-bond donors (Lipinski definition) is 2. The third-order valence-corrected chi connectivity index (χ3v) is 6.39. The number of guanidine groups is 1. The van der Waals surface area contributed by atoms with Gasteiger partial charge in [0.15, 0.2) is 9.84 Å². The highest BCUT2D eigenvalue weighted by atomic mass is 32.2. The van der Waals surface area contributed by atoms with E-state index in [-0.39, 0.29) is 21.6 Å². The molecule has 11 heteroatoms. The second-order valence-corrected chi connectivity index (χ2v) is 10.7. The summed E-state index contributed by atoms with van der Waals surface area (Å²) < 4.78 is 41.3. The molecule has 8 nitrogen and oxygen atoms in total. The summed E-state index contributed by atoms with van der Waals surface area (Å²) in [6.07, 6.45) is 0.984. The topological polar surface area (TPSA) is 137 Å². The van der Waals surface area contributed by atoms with Crippen molar-refractivity contribution in [2.75, 3.05) is 13.4 Å². The molecule has 166 valence electrons. The summed E-state index contributed by atoms with van der Waals surface area (Å²) in [6, 6.07) is 10.2. The van der Waals surface area contributed by atoms with Crippen molar-refractivity contribution in [3.8, 4) is 5.75 Å². The van der Waals surface area contributed by atoms with Gasteiger partial charge in [-0.05, 0) is 56.3 Å². The quantitative estimate of drug-likeness (QED) is 0.379. The van der Waals surface area contributed by atoms with E-state index < -0.39 is 26.3 Å². The van der Waals surface area contributed by atoms with Gasteiger partial charge in [-0.15, -0.1) is 11.8 Å². The number of nitrogens with zero attached hydrogens (tertiary/aromatic N) is 2. The molecule has 0 saturated carbocycles. The average Bonchev–Trinajstić information content (AvgIpc) is 2.68. The summed E-state index contributed by atoms with van der Waals surface area (Å²) in [4.78, 5) is 20.2. The van der Waals surface area contributed by atoms with Gasteiger partial charge in [-0.25, -0.2) is 12.8 Å². The standard InChI is InChI=1S/C20H23FN4O4S2/c1-20(2,30-16-10-9-14(11-15(16)21)31(4,27)28)18(26)25-19(23)24-17(22)12-5-7-13(29-3)8-6-12/h5-11H,1-4H3,(H4,22,23,24,25,26).